The van der Waals surface area contributed by atoms with Gasteiger partial charge in [-0.2, -0.15) is 0 Å². The van der Waals surface area contributed by atoms with Crippen molar-refractivity contribution in [3.8, 4) is 0 Å². The van der Waals surface area contributed by atoms with Crippen molar-refractivity contribution in [2.45, 2.75) is 32.2 Å². The molecule has 3 heteroatoms. The number of piperidine rings is 1. The zero-order valence-corrected chi connectivity index (χ0v) is 15.7. The monoisotopic (exact) mass is 358 g/mol. The highest BCUT2D eigenvalue weighted by Gasteiger charge is 2.11. The van der Waals surface area contributed by atoms with Gasteiger partial charge in [-0.1, -0.05) is 61.0 Å². The van der Waals surface area contributed by atoms with Crippen molar-refractivity contribution in [1.82, 2.24) is 4.90 Å². The minimum absolute atomic E-state index is 0.0233. The number of anilines is 1. The van der Waals surface area contributed by atoms with E-state index in [1.54, 1.807) is 0 Å². The molecule has 0 spiro atoms. The summed E-state index contributed by atoms with van der Waals surface area (Å²) in [5.41, 5.74) is 3.24. The average Bonchev–Trinajstić information content (AvgIpc) is 2.71. The Bertz CT molecular complexity index is 906. The van der Waals surface area contributed by atoms with Crippen molar-refractivity contribution < 1.29 is 4.79 Å². The summed E-state index contributed by atoms with van der Waals surface area (Å²) >= 11 is 0. The topological polar surface area (TPSA) is 32.3 Å². The first kappa shape index (κ1) is 17.7. The number of likely N-dealkylation sites (tertiary alicyclic amines) is 1. The number of carbonyl (C=O) groups is 1. The first-order valence-corrected chi connectivity index (χ1v) is 9.86. The number of carbonyl (C=O) groups excluding carboxylic acids is 1. The number of benzene rings is 3. The summed E-state index contributed by atoms with van der Waals surface area (Å²) in [5, 5.41) is 5.35. The molecule has 1 saturated heterocycles. The minimum Gasteiger partial charge on any atom is -0.326 e. The van der Waals surface area contributed by atoms with Crippen LogP contribution in [0.5, 0.6) is 0 Å². The molecule has 0 aliphatic carbocycles. The van der Waals surface area contributed by atoms with Gasteiger partial charge < -0.3 is 5.32 Å². The van der Waals surface area contributed by atoms with Crippen molar-refractivity contribution >= 4 is 22.4 Å². The van der Waals surface area contributed by atoms with Crippen molar-refractivity contribution in [2.24, 2.45) is 0 Å². The van der Waals surface area contributed by atoms with Crippen molar-refractivity contribution in [3.63, 3.8) is 0 Å². The van der Waals surface area contributed by atoms with Crippen molar-refractivity contribution in [3.05, 3.63) is 77.9 Å². The lowest BCUT2D eigenvalue weighted by atomic mass is 10.0. The molecule has 1 amide bonds. The van der Waals surface area contributed by atoms with Crippen LogP contribution in [0.2, 0.25) is 0 Å². The van der Waals surface area contributed by atoms with E-state index in [1.807, 2.05) is 36.4 Å². The van der Waals surface area contributed by atoms with Crippen LogP contribution in [0.4, 0.5) is 5.69 Å². The first-order chi connectivity index (χ1) is 13.3. The predicted molar refractivity (Wildman–Crippen MR) is 112 cm³/mol. The Hall–Kier alpha value is -2.65. The highest BCUT2D eigenvalue weighted by Crippen LogP contribution is 2.20. The molecular formula is C24H26N2O. The van der Waals surface area contributed by atoms with Gasteiger partial charge in [-0.25, -0.2) is 0 Å². The van der Waals surface area contributed by atoms with Crippen LogP contribution in [-0.4, -0.2) is 23.9 Å². The van der Waals surface area contributed by atoms with E-state index in [-0.39, 0.29) is 5.91 Å². The van der Waals surface area contributed by atoms with Gasteiger partial charge in [0, 0.05) is 12.2 Å². The molecule has 3 aromatic rings. The smallest absolute Gasteiger partial charge is 0.228 e. The first-order valence-electron chi connectivity index (χ1n) is 9.86. The second-order valence-electron chi connectivity index (χ2n) is 7.40. The molecule has 0 radical (unpaired) electrons. The third-order valence-corrected chi connectivity index (χ3v) is 5.32. The maximum absolute atomic E-state index is 12.5. The zero-order valence-electron chi connectivity index (χ0n) is 15.7. The molecule has 0 bridgehead atoms. The second kappa shape index (κ2) is 8.36. The highest BCUT2D eigenvalue weighted by molar-refractivity contribution is 5.96. The molecule has 1 N–H and O–H groups in total. The summed E-state index contributed by atoms with van der Waals surface area (Å²) in [6.45, 7) is 3.40. The molecule has 3 aromatic carbocycles. The van der Waals surface area contributed by atoms with Gasteiger partial charge in [-0.15, -0.1) is 0 Å². The molecule has 1 heterocycles. The van der Waals surface area contributed by atoms with Crippen molar-refractivity contribution in [2.75, 3.05) is 18.4 Å². The SMILES string of the molecule is O=C(Cc1cccc2ccccc12)Nc1ccc(CN2CCCCC2)cc1. The summed E-state index contributed by atoms with van der Waals surface area (Å²) in [6, 6.07) is 22.6. The van der Waals surface area contributed by atoms with E-state index in [0.29, 0.717) is 6.42 Å². The third-order valence-electron chi connectivity index (χ3n) is 5.32. The lowest BCUT2D eigenvalue weighted by Crippen LogP contribution is -2.29. The molecular weight excluding hydrogens is 332 g/mol. The lowest BCUT2D eigenvalue weighted by molar-refractivity contribution is -0.115. The number of rotatable bonds is 5. The van der Waals surface area contributed by atoms with E-state index in [1.165, 1.54) is 43.3 Å². The van der Waals surface area contributed by atoms with Gasteiger partial charge in [0.15, 0.2) is 0 Å². The molecule has 1 fully saturated rings. The van der Waals surface area contributed by atoms with Gasteiger partial charge in [0.1, 0.15) is 0 Å². The molecule has 138 valence electrons. The molecule has 0 aromatic heterocycles. The Kier molecular flexibility index (Phi) is 5.50. The summed E-state index contributed by atoms with van der Waals surface area (Å²) in [5.74, 6) is 0.0233. The number of nitrogens with one attached hydrogen (secondary N) is 1. The molecule has 4 rings (SSSR count). The zero-order chi connectivity index (χ0) is 18.5. The molecule has 0 atom stereocenters. The van der Waals surface area contributed by atoms with Crippen molar-refractivity contribution in [1.29, 1.82) is 0 Å². The normalized spacial score (nSPS) is 15.0. The summed E-state index contributed by atoms with van der Waals surface area (Å²) in [6.07, 6.45) is 4.36. The Morgan fingerprint density at radius 2 is 1.59 bits per heavy atom. The predicted octanol–water partition coefficient (Wildman–Crippen LogP) is 5.01. The Morgan fingerprint density at radius 3 is 2.41 bits per heavy atom. The van der Waals surface area contributed by atoms with E-state index >= 15 is 0 Å². The van der Waals surface area contributed by atoms with E-state index < -0.39 is 0 Å². The van der Waals surface area contributed by atoms with Crippen LogP contribution >= 0.6 is 0 Å². The minimum atomic E-state index is 0.0233. The molecule has 0 saturated carbocycles. The van der Waals surface area contributed by atoms with Gasteiger partial charge in [0.25, 0.3) is 0 Å². The number of fused-ring (bicyclic) bond motifs is 1. The number of amides is 1. The van der Waals surface area contributed by atoms with Crippen LogP contribution in [0, 0.1) is 0 Å². The largest absolute Gasteiger partial charge is 0.326 e. The van der Waals surface area contributed by atoms with E-state index in [2.05, 4.69) is 40.5 Å². The van der Waals surface area contributed by atoms with Crippen LogP contribution < -0.4 is 5.32 Å². The van der Waals surface area contributed by atoms with Gasteiger partial charge >= 0.3 is 0 Å². The fraction of sp³-hybridized carbons (Fsp3) is 0.292. The average molecular weight is 358 g/mol. The maximum Gasteiger partial charge on any atom is 0.228 e. The van der Waals surface area contributed by atoms with Crippen LogP contribution in [0.1, 0.15) is 30.4 Å². The van der Waals surface area contributed by atoms with Gasteiger partial charge in [0.2, 0.25) is 5.91 Å². The lowest BCUT2D eigenvalue weighted by Gasteiger charge is -2.26. The van der Waals surface area contributed by atoms with Gasteiger partial charge in [-0.05, 0) is 60.0 Å². The number of nitrogens with zero attached hydrogens (tertiary/aromatic N) is 1. The quantitative estimate of drug-likeness (QED) is 0.695. The number of hydrogen-bond acceptors (Lipinski definition) is 2. The van der Waals surface area contributed by atoms with E-state index in [4.69, 9.17) is 0 Å². The molecule has 3 nitrogen and oxygen atoms in total. The van der Waals surface area contributed by atoms with Gasteiger partial charge in [-0.3, -0.25) is 9.69 Å². The van der Waals surface area contributed by atoms with Crippen LogP contribution in [0.3, 0.4) is 0 Å². The fourth-order valence-electron chi connectivity index (χ4n) is 3.89. The Morgan fingerprint density at radius 1 is 0.852 bits per heavy atom. The van der Waals surface area contributed by atoms with Gasteiger partial charge in [0.05, 0.1) is 6.42 Å². The molecule has 1 aliphatic heterocycles. The highest BCUT2D eigenvalue weighted by atomic mass is 16.1. The molecule has 1 aliphatic rings. The summed E-state index contributed by atoms with van der Waals surface area (Å²) < 4.78 is 0. The molecule has 27 heavy (non-hydrogen) atoms. The van der Waals surface area contributed by atoms with E-state index in [9.17, 15) is 4.79 Å². The van der Waals surface area contributed by atoms with Crippen LogP contribution in [-0.2, 0) is 17.8 Å². The van der Waals surface area contributed by atoms with E-state index in [0.717, 1.165) is 23.2 Å². The fourth-order valence-corrected chi connectivity index (χ4v) is 3.89. The van der Waals surface area contributed by atoms with Crippen LogP contribution in [0.15, 0.2) is 66.7 Å². The third kappa shape index (κ3) is 4.55. The summed E-state index contributed by atoms with van der Waals surface area (Å²) in [4.78, 5) is 15.0. The van der Waals surface area contributed by atoms with Crippen LogP contribution in [0.25, 0.3) is 10.8 Å². The Labute approximate surface area is 161 Å². The number of hydrogen-bond donors (Lipinski definition) is 1. The molecule has 0 unspecified atom stereocenters. The second-order valence-corrected chi connectivity index (χ2v) is 7.40. The summed E-state index contributed by atoms with van der Waals surface area (Å²) in [7, 11) is 0. The maximum atomic E-state index is 12.5. The Balaban J connectivity index is 1.37. The standard InChI is InChI=1S/C24H26N2O/c27-24(17-21-9-6-8-20-7-2-3-10-23(20)21)25-22-13-11-19(12-14-22)18-26-15-4-1-5-16-26/h2-3,6-14H,1,4-5,15-18H2,(H,25,27).